The van der Waals surface area contributed by atoms with Crippen LogP contribution >= 0.6 is 11.6 Å². The zero-order valence-electron chi connectivity index (χ0n) is 10.6. The van der Waals surface area contributed by atoms with E-state index in [1.807, 2.05) is 19.9 Å². The van der Waals surface area contributed by atoms with Crippen LogP contribution in [-0.4, -0.2) is 0 Å². The number of hydrogen-bond acceptors (Lipinski definition) is 3. The van der Waals surface area contributed by atoms with Gasteiger partial charge in [0.2, 0.25) is 0 Å². The quantitative estimate of drug-likeness (QED) is 0.816. The monoisotopic (exact) mass is 280 g/mol. The summed E-state index contributed by atoms with van der Waals surface area (Å²) in [6, 6.07) is 6.81. The van der Waals surface area contributed by atoms with Crippen molar-refractivity contribution in [3.63, 3.8) is 0 Å². The first-order valence-electron chi connectivity index (χ1n) is 5.68. The smallest absolute Gasteiger partial charge is 0.188 e. The summed E-state index contributed by atoms with van der Waals surface area (Å²) in [7, 11) is 0. The molecule has 2 aromatic carbocycles. The first-order valence-corrected chi connectivity index (χ1v) is 6.06. The maximum atomic E-state index is 14.0. The van der Waals surface area contributed by atoms with E-state index >= 15 is 0 Å². The largest absolute Gasteiger partial charge is 0.452 e. The fourth-order valence-electron chi connectivity index (χ4n) is 1.65. The average molecular weight is 281 g/mol. The Kier molecular flexibility index (Phi) is 3.53. The standard InChI is InChI=1S/C14H14ClFN2O/c1-7-3-4-9(5-8(7)2)19-14-11(18)6-10(17)12(15)13(14)16/h3-6H,17-18H2,1-2H3. The van der Waals surface area contributed by atoms with Gasteiger partial charge >= 0.3 is 0 Å². The molecule has 2 aromatic rings. The van der Waals surface area contributed by atoms with Crippen LogP contribution in [0, 0.1) is 19.7 Å². The molecule has 0 atom stereocenters. The summed E-state index contributed by atoms with van der Waals surface area (Å²) in [5.41, 5.74) is 13.6. The lowest BCUT2D eigenvalue weighted by Gasteiger charge is -2.13. The summed E-state index contributed by atoms with van der Waals surface area (Å²) in [5.74, 6) is -0.366. The number of rotatable bonds is 2. The highest BCUT2D eigenvalue weighted by Gasteiger charge is 2.16. The highest BCUT2D eigenvalue weighted by atomic mass is 35.5. The van der Waals surface area contributed by atoms with Crippen molar-refractivity contribution < 1.29 is 9.13 Å². The molecule has 0 aromatic heterocycles. The number of anilines is 2. The Labute approximate surface area is 115 Å². The minimum Gasteiger partial charge on any atom is -0.452 e. The van der Waals surface area contributed by atoms with Crippen molar-refractivity contribution >= 4 is 23.0 Å². The van der Waals surface area contributed by atoms with E-state index in [0.717, 1.165) is 11.1 Å². The molecule has 4 N–H and O–H groups in total. The number of ether oxygens (including phenoxy) is 1. The molecule has 3 nitrogen and oxygen atoms in total. The highest BCUT2D eigenvalue weighted by Crippen LogP contribution is 2.38. The topological polar surface area (TPSA) is 61.3 Å². The Hall–Kier alpha value is -1.94. The normalized spacial score (nSPS) is 10.5. The van der Waals surface area contributed by atoms with Gasteiger partial charge in [-0.15, -0.1) is 0 Å². The van der Waals surface area contributed by atoms with E-state index in [2.05, 4.69) is 0 Å². The second-order valence-electron chi connectivity index (χ2n) is 4.36. The van der Waals surface area contributed by atoms with Crippen LogP contribution in [0.3, 0.4) is 0 Å². The minimum atomic E-state index is -0.752. The lowest BCUT2D eigenvalue weighted by atomic mass is 10.1. The zero-order valence-corrected chi connectivity index (χ0v) is 11.4. The SMILES string of the molecule is Cc1ccc(Oc2c(N)cc(N)c(Cl)c2F)cc1C. The predicted molar refractivity (Wildman–Crippen MR) is 76.2 cm³/mol. The summed E-state index contributed by atoms with van der Waals surface area (Å²) in [4.78, 5) is 0. The molecule has 0 aliphatic heterocycles. The van der Waals surface area contributed by atoms with Crippen LogP contribution in [-0.2, 0) is 0 Å². The van der Waals surface area contributed by atoms with E-state index in [0.29, 0.717) is 5.75 Å². The Morgan fingerprint density at radius 2 is 1.74 bits per heavy atom. The van der Waals surface area contributed by atoms with Crippen molar-refractivity contribution in [2.45, 2.75) is 13.8 Å². The fraction of sp³-hybridized carbons (Fsp3) is 0.143. The van der Waals surface area contributed by atoms with Crippen molar-refractivity contribution in [1.82, 2.24) is 0 Å². The first kappa shape index (κ1) is 13.5. The van der Waals surface area contributed by atoms with Crippen molar-refractivity contribution in [1.29, 1.82) is 0 Å². The van der Waals surface area contributed by atoms with Crippen molar-refractivity contribution in [3.8, 4) is 11.5 Å². The fourth-order valence-corrected chi connectivity index (χ4v) is 1.79. The van der Waals surface area contributed by atoms with Crippen molar-refractivity contribution in [3.05, 3.63) is 46.2 Å². The van der Waals surface area contributed by atoms with Gasteiger partial charge in [-0.2, -0.15) is 0 Å². The summed E-state index contributed by atoms with van der Waals surface area (Å²) < 4.78 is 19.4. The summed E-state index contributed by atoms with van der Waals surface area (Å²) >= 11 is 5.74. The number of nitrogens with two attached hydrogens (primary N) is 2. The van der Waals surface area contributed by atoms with Crippen LogP contribution in [0.5, 0.6) is 11.5 Å². The van der Waals surface area contributed by atoms with Gasteiger partial charge in [-0.3, -0.25) is 0 Å². The molecule has 0 aliphatic carbocycles. The van der Waals surface area contributed by atoms with Gasteiger partial charge in [0.15, 0.2) is 11.6 Å². The third-order valence-corrected chi connectivity index (χ3v) is 3.30. The second kappa shape index (κ2) is 4.97. The lowest BCUT2D eigenvalue weighted by Crippen LogP contribution is -2.00. The molecule has 0 spiro atoms. The number of aryl methyl sites for hydroxylation is 2. The van der Waals surface area contributed by atoms with Crippen LogP contribution in [0.2, 0.25) is 5.02 Å². The van der Waals surface area contributed by atoms with Gasteiger partial charge in [0.05, 0.1) is 11.4 Å². The van der Waals surface area contributed by atoms with Crippen LogP contribution in [0.1, 0.15) is 11.1 Å². The molecule has 0 aliphatic rings. The van der Waals surface area contributed by atoms with E-state index in [-0.39, 0.29) is 22.1 Å². The van der Waals surface area contributed by atoms with Gasteiger partial charge < -0.3 is 16.2 Å². The minimum absolute atomic E-state index is 0.0871. The second-order valence-corrected chi connectivity index (χ2v) is 4.74. The van der Waals surface area contributed by atoms with E-state index in [1.165, 1.54) is 6.07 Å². The van der Waals surface area contributed by atoms with Crippen molar-refractivity contribution in [2.24, 2.45) is 0 Å². The molecule has 2 rings (SSSR count). The van der Waals surface area contributed by atoms with Gasteiger partial charge in [-0.05, 0) is 43.2 Å². The van der Waals surface area contributed by atoms with Crippen LogP contribution in [0.4, 0.5) is 15.8 Å². The molecular formula is C14H14ClFN2O. The lowest BCUT2D eigenvalue weighted by molar-refractivity contribution is 0.445. The molecule has 0 heterocycles. The average Bonchev–Trinajstić information content (AvgIpc) is 2.36. The van der Waals surface area contributed by atoms with Crippen LogP contribution in [0.15, 0.2) is 24.3 Å². The molecule has 0 radical (unpaired) electrons. The Morgan fingerprint density at radius 1 is 1.05 bits per heavy atom. The third-order valence-electron chi connectivity index (χ3n) is 2.92. The molecule has 0 bridgehead atoms. The number of halogens is 2. The Morgan fingerprint density at radius 3 is 2.37 bits per heavy atom. The maximum Gasteiger partial charge on any atom is 0.188 e. The highest BCUT2D eigenvalue weighted by molar-refractivity contribution is 6.33. The van der Waals surface area contributed by atoms with Gasteiger partial charge in [0.25, 0.3) is 0 Å². The molecular weight excluding hydrogens is 267 g/mol. The van der Waals surface area contributed by atoms with E-state index in [1.54, 1.807) is 12.1 Å². The molecule has 0 amide bonds. The predicted octanol–water partition coefficient (Wildman–Crippen LogP) is 4.05. The van der Waals surface area contributed by atoms with Crippen molar-refractivity contribution in [2.75, 3.05) is 11.5 Å². The molecule has 100 valence electrons. The van der Waals surface area contributed by atoms with Crippen LogP contribution < -0.4 is 16.2 Å². The van der Waals surface area contributed by atoms with Gasteiger partial charge in [-0.25, -0.2) is 4.39 Å². The maximum absolute atomic E-state index is 14.0. The molecule has 19 heavy (non-hydrogen) atoms. The van der Waals surface area contributed by atoms with Gasteiger partial charge in [0, 0.05) is 0 Å². The Bertz CT molecular complexity index is 644. The van der Waals surface area contributed by atoms with Gasteiger partial charge in [0.1, 0.15) is 10.8 Å². The molecule has 0 fully saturated rings. The van der Waals surface area contributed by atoms with E-state index in [9.17, 15) is 4.39 Å². The van der Waals surface area contributed by atoms with Gasteiger partial charge in [-0.1, -0.05) is 17.7 Å². The molecule has 5 heteroatoms. The first-order chi connectivity index (χ1) is 8.90. The van der Waals surface area contributed by atoms with E-state index < -0.39 is 5.82 Å². The molecule has 0 saturated heterocycles. The molecule has 0 saturated carbocycles. The number of nitrogen functional groups attached to an aromatic ring is 2. The summed E-state index contributed by atoms with van der Waals surface area (Å²) in [5, 5.41) is -0.187. The summed E-state index contributed by atoms with van der Waals surface area (Å²) in [6.07, 6.45) is 0. The Balaban J connectivity index is 2.43. The number of hydrogen-bond donors (Lipinski definition) is 2. The number of benzene rings is 2. The third kappa shape index (κ3) is 2.58. The zero-order chi connectivity index (χ0) is 14.2. The molecule has 0 unspecified atom stereocenters. The van der Waals surface area contributed by atoms with E-state index in [4.69, 9.17) is 27.8 Å². The summed E-state index contributed by atoms with van der Waals surface area (Å²) in [6.45, 7) is 3.92. The van der Waals surface area contributed by atoms with Crippen LogP contribution in [0.25, 0.3) is 0 Å².